The summed E-state index contributed by atoms with van der Waals surface area (Å²) in [4.78, 5) is 12.8. The number of halogens is 2. The maximum Gasteiger partial charge on any atom is 0.196 e. The summed E-state index contributed by atoms with van der Waals surface area (Å²) >= 11 is 9.51. The fraction of sp³-hybridized carbons (Fsp3) is 0.118. The van der Waals surface area contributed by atoms with E-state index in [1.54, 1.807) is 0 Å². The van der Waals surface area contributed by atoms with Crippen LogP contribution in [0.4, 0.5) is 0 Å². The van der Waals surface area contributed by atoms with Crippen LogP contribution in [0.15, 0.2) is 47.1 Å². The van der Waals surface area contributed by atoms with Gasteiger partial charge in [-0.15, -0.1) is 0 Å². The van der Waals surface area contributed by atoms with Crippen LogP contribution in [0.3, 0.4) is 0 Å². The highest BCUT2D eigenvalue weighted by molar-refractivity contribution is 9.10. The van der Waals surface area contributed by atoms with Crippen LogP contribution in [0.5, 0.6) is 0 Å². The molecule has 0 radical (unpaired) electrons. The summed E-state index contributed by atoms with van der Waals surface area (Å²) in [5.41, 5.74) is 3.42. The zero-order valence-electron chi connectivity index (χ0n) is 11.7. The van der Waals surface area contributed by atoms with Crippen LogP contribution >= 0.6 is 27.5 Å². The summed E-state index contributed by atoms with van der Waals surface area (Å²) in [6.45, 7) is 2.00. The van der Waals surface area contributed by atoms with E-state index in [-0.39, 0.29) is 5.78 Å². The molecular weight excluding hydrogens is 350 g/mol. The maximum absolute atomic E-state index is 12.8. The number of hydrogen-bond donors (Lipinski definition) is 0. The molecule has 0 saturated carbocycles. The number of aryl methyl sites for hydroxylation is 2. The third kappa shape index (κ3) is 2.52. The van der Waals surface area contributed by atoms with Crippen LogP contribution in [-0.4, -0.2) is 10.4 Å². The van der Waals surface area contributed by atoms with Gasteiger partial charge in [0.15, 0.2) is 5.78 Å². The van der Waals surface area contributed by atoms with Crippen molar-refractivity contribution in [2.24, 2.45) is 7.05 Å². The third-order valence-electron chi connectivity index (χ3n) is 3.57. The fourth-order valence-electron chi connectivity index (χ4n) is 2.49. The molecule has 4 heteroatoms. The van der Waals surface area contributed by atoms with E-state index >= 15 is 0 Å². The van der Waals surface area contributed by atoms with Crippen molar-refractivity contribution in [3.63, 3.8) is 0 Å². The van der Waals surface area contributed by atoms with E-state index in [1.165, 1.54) is 0 Å². The van der Waals surface area contributed by atoms with Crippen molar-refractivity contribution in [3.05, 3.63) is 68.8 Å². The summed E-state index contributed by atoms with van der Waals surface area (Å²) in [7, 11) is 1.92. The lowest BCUT2D eigenvalue weighted by Gasteiger charge is -2.04. The van der Waals surface area contributed by atoms with E-state index in [9.17, 15) is 4.79 Å². The fourth-order valence-corrected chi connectivity index (χ4v) is 3.33. The summed E-state index contributed by atoms with van der Waals surface area (Å²) in [6, 6.07) is 11.3. The van der Waals surface area contributed by atoms with E-state index < -0.39 is 0 Å². The quantitative estimate of drug-likeness (QED) is 0.579. The summed E-state index contributed by atoms with van der Waals surface area (Å²) in [5, 5.41) is 1.58. The van der Waals surface area contributed by atoms with Crippen molar-refractivity contribution in [1.29, 1.82) is 0 Å². The second-order valence-electron chi connectivity index (χ2n) is 5.13. The molecule has 0 fully saturated rings. The van der Waals surface area contributed by atoms with Gasteiger partial charge in [-0.05, 0) is 36.8 Å². The first-order chi connectivity index (χ1) is 9.97. The highest BCUT2D eigenvalue weighted by Crippen LogP contribution is 2.28. The van der Waals surface area contributed by atoms with Crippen LogP contribution in [-0.2, 0) is 7.05 Å². The Morgan fingerprint density at radius 1 is 1.14 bits per heavy atom. The zero-order chi connectivity index (χ0) is 15.1. The van der Waals surface area contributed by atoms with Crippen LogP contribution in [0, 0.1) is 6.92 Å². The number of carbonyl (C=O) groups is 1. The van der Waals surface area contributed by atoms with E-state index in [1.807, 2.05) is 61.1 Å². The first-order valence-corrected chi connectivity index (χ1v) is 7.70. The minimum atomic E-state index is 0.00907. The van der Waals surface area contributed by atoms with Gasteiger partial charge in [-0.1, -0.05) is 39.7 Å². The van der Waals surface area contributed by atoms with Crippen LogP contribution < -0.4 is 0 Å². The highest BCUT2D eigenvalue weighted by atomic mass is 79.9. The summed E-state index contributed by atoms with van der Waals surface area (Å²) in [5.74, 6) is 0.00907. The van der Waals surface area contributed by atoms with Gasteiger partial charge in [-0.3, -0.25) is 4.79 Å². The molecule has 0 bridgehead atoms. The summed E-state index contributed by atoms with van der Waals surface area (Å²) < 4.78 is 2.75. The SMILES string of the molecule is Cc1ccc(C(=O)c2cn(C)c3cc(Cl)ccc23)c(Br)c1. The molecular formula is C17H13BrClNO. The van der Waals surface area contributed by atoms with Crippen LogP contribution in [0.25, 0.3) is 10.9 Å². The molecule has 2 aromatic carbocycles. The zero-order valence-corrected chi connectivity index (χ0v) is 14.0. The Hall–Kier alpha value is -1.58. The molecule has 3 aromatic rings. The van der Waals surface area contributed by atoms with Gasteiger partial charge in [0, 0.05) is 44.8 Å². The molecule has 106 valence electrons. The van der Waals surface area contributed by atoms with Crippen molar-refractivity contribution in [2.45, 2.75) is 6.92 Å². The number of rotatable bonds is 2. The smallest absolute Gasteiger partial charge is 0.196 e. The Balaban J connectivity index is 2.18. The minimum absolute atomic E-state index is 0.00907. The molecule has 21 heavy (non-hydrogen) atoms. The highest BCUT2D eigenvalue weighted by Gasteiger charge is 2.18. The Morgan fingerprint density at radius 3 is 2.62 bits per heavy atom. The Bertz CT molecular complexity index is 867. The average molecular weight is 363 g/mol. The lowest BCUT2D eigenvalue weighted by molar-refractivity contribution is 0.103. The van der Waals surface area contributed by atoms with Crippen molar-refractivity contribution in [1.82, 2.24) is 4.57 Å². The van der Waals surface area contributed by atoms with Gasteiger partial charge in [0.25, 0.3) is 0 Å². The summed E-state index contributed by atoms with van der Waals surface area (Å²) in [6.07, 6.45) is 1.86. The monoisotopic (exact) mass is 361 g/mol. The van der Waals surface area contributed by atoms with E-state index in [4.69, 9.17) is 11.6 Å². The number of hydrogen-bond acceptors (Lipinski definition) is 1. The molecule has 1 heterocycles. The number of benzene rings is 2. The van der Waals surface area contributed by atoms with Crippen LogP contribution in [0.1, 0.15) is 21.5 Å². The first-order valence-electron chi connectivity index (χ1n) is 6.53. The Kier molecular flexibility index (Phi) is 3.64. The molecule has 0 aliphatic heterocycles. The Labute approximate surface area is 136 Å². The molecule has 1 aromatic heterocycles. The molecule has 2 nitrogen and oxygen atoms in total. The predicted octanol–water partition coefficient (Wildman–Crippen LogP) is 5.13. The lowest BCUT2D eigenvalue weighted by atomic mass is 10.0. The third-order valence-corrected chi connectivity index (χ3v) is 4.46. The Morgan fingerprint density at radius 2 is 1.90 bits per heavy atom. The number of carbonyl (C=O) groups excluding carboxylic acids is 1. The van der Waals surface area contributed by atoms with Gasteiger partial charge >= 0.3 is 0 Å². The maximum atomic E-state index is 12.8. The van der Waals surface area contributed by atoms with Gasteiger partial charge in [0.05, 0.1) is 0 Å². The van der Waals surface area contributed by atoms with Gasteiger partial charge in [0.2, 0.25) is 0 Å². The molecule has 0 saturated heterocycles. The molecule has 0 spiro atoms. The average Bonchev–Trinajstić information content (AvgIpc) is 2.75. The molecule has 0 unspecified atom stereocenters. The van der Waals surface area contributed by atoms with Crippen molar-refractivity contribution in [3.8, 4) is 0 Å². The number of aromatic nitrogens is 1. The number of ketones is 1. The van der Waals surface area contributed by atoms with Gasteiger partial charge in [-0.2, -0.15) is 0 Å². The molecule has 3 rings (SSSR count). The molecule has 0 aliphatic rings. The lowest BCUT2D eigenvalue weighted by Crippen LogP contribution is -2.02. The largest absolute Gasteiger partial charge is 0.350 e. The van der Waals surface area contributed by atoms with E-state index in [2.05, 4.69) is 15.9 Å². The molecule has 0 amide bonds. The minimum Gasteiger partial charge on any atom is -0.350 e. The topological polar surface area (TPSA) is 22.0 Å². The van der Waals surface area contributed by atoms with E-state index in [0.29, 0.717) is 16.1 Å². The first kappa shape index (κ1) is 14.4. The molecule has 0 atom stereocenters. The van der Waals surface area contributed by atoms with Gasteiger partial charge in [0.1, 0.15) is 0 Å². The van der Waals surface area contributed by atoms with E-state index in [0.717, 1.165) is 20.9 Å². The second-order valence-corrected chi connectivity index (χ2v) is 6.42. The molecule has 0 aliphatic carbocycles. The van der Waals surface area contributed by atoms with Crippen molar-refractivity contribution < 1.29 is 4.79 Å². The van der Waals surface area contributed by atoms with Crippen molar-refractivity contribution >= 4 is 44.2 Å². The number of fused-ring (bicyclic) bond motifs is 1. The standard InChI is InChI=1S/C17H13BrClNO/c1-10-3-5-13(15(18)7-10)17(21)14-9-20(2)16-8-11(19)4-6-12(14)16/h3-9H,1-2H3. The molecule has 0 N–H and O–H groups in total. The van der Waals surface area contributed by atoms with Gasteiger partial charge in [-0.25, -0.2) is 0 Å². The van der Waals surface area contributed by atoms with Gasteiger partial charge < -0.3 is 4.57 Å². The second kappa shape index (κ2) is 5.32. The van der Waals surface area contributed by atoms with Crippen LogP contribution in [0.2, 0.25) is 5.02 Å². The predicted molar refractivity (Wildman–Crippen MR) is 90.2 cm³/mol. The normalized spacial score (nSPS) is 11.0. The number of nitrogens with zero attached hydrogens (tertiary/aromatic N) is 1. The van der Waals surface area contributed by atoms with Crippen molar-refractivity contribution in [2.75, 3.05) is 0 Å².